The maximum Gasteiger partial charge on any atom is 0.230 e. The molecule has 0 aliphatic carbocycles. The second-order valence-corrected chi connectivity index (χ2v) is 6.73. The Labute approximate surface area is 122 Å². The molecule has 0 aromatic carbocycles. The van der Waals surface area contributed by atoms with Gasteiger partial charge in [-0.05, 0) is 25.9 Å². The van der Waals surface area contributed by atoms with Crippen molar-refractivity contribution < 1.29 is 4.42 Å². The number of likely N-dealkylation sites (N-methyl/N-ethyl adjacent to an activating group) is 1. The summed E-state index contributed by atoms with van der Waals surface area (Å²) < 4.78 is 5.79. The third kappa shape index (κ3) is 4.28. The molecule has 0 bridgehead atoms. The second kappa shape index (κ2) is 6.68. The van der Waals surface area contributed by atoms with Crippen LogP contribution in [0.5, 0.6) is 0 Å². The summed E-state index contributed by atoms with van der Waals surface area (Å²) in [7, 11) is 0. The van der Waals surface area contributed by atoms with Crippen LogP contribution in [0.15, 0.2) is 4.42 Å². The van der Waals surface area contributed by atoms with Gasteiger partial charge in [0, 0.05) is 18.0 Å². The average Bonchev–Trinajstić information content (AvgIpc) is 2.87. The van der Waals surface area contributed by atoms with Crippen molar-refractivity contribution in [2.24, 2.45) is 0 Å². The van der Waals surface area contributed by atoms with E-state index in [-0.39, 0.29) is 5.41 Å². The first kappa shape index (κ1) is 15.4. The van der Waals surface area contributed by atoms with E-state index in [4.69, 9.17) is 4.42 Å². The van der Waals surface area contributed by atoms with E-state index in [0.717, 1.165) is 38.0 Å². The van der Waals surface area contributed by atoms with E-state index in [1.165, 1.54) is 19.3 Å². The first-order valence-electron chi connectivity index (χ1n) is 7.77. The summed E-state index contributed by atoms with van der Waals surface area (Å²) in [4.78, 5) is 2.38. The fraction of sp³-hybridized carbons (Fsp3) is 0.867. The van der Waals surface area contributed by atoms with Crippen LogP contribution >= 0.6 is 0 Å². The molecule has 1 saturated heterocycles. The normalized spacial score (nSPS) is 20.6. The lowest BCUT2D eigenvalue weighted by molar-refractivity contribution is 0.205. The lowest BCUT2D eigenvalue weighted by Crippen LogP contribution is -2.43. The Kier molecular flexibility index (Phi) is 5.16. The average molecular weight is 280 g/mol. The monoisotopic (exact) mass is 280 g/mol. The Balaban J connectivity index is 1.90. The van der Waals surface area contributed by atoms with Crippen LogP contribution in [0.25, 0.3) is 0 Å². The third-order valence-electron chi connectivity index (χ3n) is 3.81. The maximum atomic E-state index is 5.79. The van der Waals surface area contributed by atoms with Crippen LogP contribution in [-0.2, 0) is 12.0 Å². The quantitative estimate of drug-likeness (QED) is 0.897. The summed E-state index contributed by atoms with van der Waals surface area (Å²) >= 11 is 0. The summed E-state index contributed by atoms with van der Waals surface area (Å²) in [5, 5.41) is 11.9. The van der Waals surface area contributed by atoms with Crippen molar-refractivity contribution in [1.82, 2.24) is 20.4 Å². The fourth-order valence-corrected chi connectivity index (χ4v) is 2.51. The minimum atomic E-state index is -0.0762. The summed E-state index contributed by atoms with van der Waals surface area (Å²) in [6.07, 6.45) is 3.92. The Morgan fingerprint density at radius 3 is 2.65 bits per heavy atom. The minimum absolute atomic E-state index is 0.0762. The Morgan fingerprint density at radius 1 is 1.30 bits per heavy atom. The highest BCUT2D eigenvalue weighted by Gasteiger charge is 2.23. The van der Waals surface area contributed by atoms with Gasteiger partial charge in [0.1, 0.15) is 0 Å². The van der Waals surface area contributed by atoms with Gasteiger partial charge in [-0.3, -0.25) is 4.90 Å². The molecule has 2 rings (SSSR count). The molecule has 1 N–H and O–H groups in total. The van der Waals surface area contributed by atoms with Crippen molar-refractivity contribution in [3.8, 4) is 0 Å². The van der Waals surface area contributed by atoms with Crippen molar-refractivity contribution in [2.45, 2.75) is 65.0 Å². The summed E-state index contributed by atoms with van der Waals surface area (Å²) in [5.74, 6) is 1.45. The van der Waals surface area contributed by atoms with Crippen molar-refractivity contribution in [1.29, 1.82) is 0 Å². The molecule has 20 heavy (non-hydrogen) atoms. The molecule has 1 fully saturated rings. The molecule has 1 aromatic heterocycles. The lowest BCUT2D eigenvalue weighted by Gasteiger charge is -2.29. The van der Waals surface area contributed by atoms with Crippen LogP contribution in [0.4, 0.5) is 0 Å². The molecule has 2 heterocycles. The SMILES string of the molecule is CCN(Cc1nnc(C(C)(C)C)o1)CC1CCCCN1. The molecular weight excluding hydrogens is 252 g/mol. The highest BCUT2D eigenvalue weighted by Crippen LogP contribution is 2.20. The molecule has 5 nitrogen and oxygen atoms in total. The highest BCUT2D eigenvalue weighted by molar-refractivity contribution is 4.96. The molecule has 1 aliphatic rings. The summed E-state index contributed by atoms with van der Waals surface area (Å²) in [6.45, 7) is 12.4. The predicted molar refractivity (Wildman–Crippen MR) is 79.6 cm³/mol. The van der Waals surface area contributed by atoms with Crippen LogP contribution in [-0.4, -0.2) is 40.8 Å². The molecule has 0 saturated carbocycles. The molecule has 1 atom stereocenters. The molecule has 114 valence electrons. The molecule has 0 amide bonds. The zero-order chi connectivity index (χ0) is 14.6. The number of nitrogens with zero attached hydrogens (tertiary/aromatic N) is 3. The maximum absolute atomic E-state index is 5.79. The molecule has 0 radical (unpaired) electrons. The van der Waals surface area contributed by atoms with Crippen LogP contribution in [0, 0.1) is 0 Å². The van der Waals surface area contributed by atoms with Gasteiger partial charge in [-0.1, -0.05) is 34.1 Å². The molecule has 5 heteroatoms. The smallest absolute Gasteiger partial charge is 0.230 e. The molecule has 1 aliphatic heterocycles. The van der Waals surface area contributed by atoms with Crippen LogP contribution in [0.2, 0.25) is 0 Å². The Morgan fingerprint density at radius 2 is 2.10 bits per heavy atom. The minimum Gasteiger partial charge on any atom is -0.423 e. The van der Waals surface area contributed by atoms with Crippen molar-refractivity contribution in [3.05, 3.63) is 11.8 Å². The number of nitrogens with one attached hydrogen (secondary N) is 1. The van der Waals surface area contributed by atoms with Gasteiger partial charge < -0.3 is 9.73 Å². The predicted octanol–water partition coefficient (Wildman–Crippen LogP) is 2.33. The van der Waals surface area contributed by atoms with E-state index in [1.807, 2.05) is 0 Å². The summed E-state index contributed by atoms with van der Waals surface area (Å²) in [6, 6.07) is 0.605. The molecule has 1 aromatic rings. The van der Waals surface area contributed by atoms with E-state index in [2.05, 4.69) is 48.1 Å². The largest absolute Gasteiger partial charge is 0.423 e. The molecule has 1 unspecified atom stereocenters. The highest BCUT2D eigenvalue weighted by atomic mass is 16.4. The first-order valence-corrected chi connectivity index (χ1v) is 7.77. The molecule has 0 spiro atoms. The van der Waals surface area contributed by atoms with Crippen molar-refractivity contribution in [2.75, 3.05) is 19.6 Å². The van der Waals surface area contributed by atoms with Crippen molar-refractivity contribution >= 4 is 0 Å². The van der Waals surface area contributed by atoms with Gasteiger partial charge >= 0.3 is 0 Å². The van der Waals surface area contributed by atoms with E-state index in [0.29, 0.717) is 6.04 Å². The number of hydrogen-bond acceptors (Lipinski definition) is 5. The van der Waals surface area contributed by atoms with Crippen LogP contribution in [0.3, 0.4) is 0 Å². The van der Waals surface area contributed by atoms with Gasteiger partial charge in [0.05, 0.1) is 6.54 Å². The topological polar surface area (TPSA) is 54.2 Å². The van der Waals surface area contributed by atoms with Gasteiger partial charge in [-0.2, -0.15) is 0 Å². The number of hydrogen-bond donors (Lipinski definition) is 1. The fourth-order valence-electron chi connectivity index (χ4n) is 2.51. The van der Waals surface area contributed by atoms with Crippen LogP contribution in [0.1, 0.15) is 58.7 Å². The zero-order valence-corrected chi connectivity index (χ0v) is 13.3. The second-order valence-electron chi connectivity index (χ2n) is 6.73. The van der Waals surface area contributed by atoms with E-state index >= 15 is 0 Å². The Bertz CT molecular complexity index is 404. The first-order chi connectivity index (χ1) is 9.49. The number of rotatable bonds is 5. The van der Waals surface area contributed by atoms with E-state index < -0.39 is 0 Å². The van der Waals surface area contributed by atoms with Gasteiger partial charge in [0.15, 0.2) is 0 Å². The van der Waals surface area contributed by atoms with Gasteiger partial charge in [-0.25, -0.2) is 0 Å². The zero-order valence-electron chi connectivity index (χ0n) is 13.3. The Hall–Kier alpha value is -0.940. The van der Waals surface area contributed by atoms with Crippen LogP contribution < -0.4 is 5.32 Å². The lowest BCUT2D eigenvalue weighted by atomic mass is 9.97. The number of aromatic nitrogens is 2. The van der Waals surface area contributed by atoms with Gasteiger partial charge in [0.25, 0.3) is 0 Å². The van der Waals surface area contributed by atoms with E-state index in [1.54, 1.807) is 0 Å². The van der Waals surface area contributed by atoms with E-state index in [9.17, 15) is 0 Å². The van der Waals surface area contributed by atoms with Gasteiger partial charge in [-0.15, -0.1) is 10.2 Å². The standard InChI is InChI=1S/C15H28N4O/c1-5-19(10-12-8-6-7-9-16-12)11-13-17-18-14(20-13)15(2,3)4/h12,16H,5-11H2,1-4H3. The van der Waals surface area contributed by atoms with Gasteiger partial charge in [0.2, 0.25) is 11.8 Å². The molecular formula is C15H28N4O. The van der Waals surface area contributed by atoms with Crippen molar-refractivity contribution in [3.63, 3.8) is 0 Å². The number of piperidine rings is 1. The summed E-state index contributed by atoms with van der Waals surface area (Å²) in [5.41, 5.74) is -0.0762. The third-order valence-corrected chi connectivity index (χ3v) is 3.81.